The van der Waals surface area contributed by atoms with Crippen molar-refractivity contribution in [3.63, 3.8) is 0 Å². The van der Waals surface area contributed by atoms with Gasteiger partial charge in [-0.25, -0.2) is 4.79 Å². The van der Waals surface area contributed by atoms with Crippen molar-refractivity contribution >= 4 is 23.5 Å². The maximum absolute atomic E-state index is 13.1. The number of carbonyl (C=O) groups excluding carboxylic acids is 2. The third-order valence-corrected chi connectivity index (χ3v) is 4.25. The lowest BCUT2D eigenvalue weighted by Gasteiger charge is -2.21. The van der Waals surface area contributed by atoms with Crippen molar-refractivity contribution in [2.45, 2.75) is 72.6 Å². The van der Waals surface area contributed by atoms with Crippen molar-refractivity contribution < 1.29 is 19.4 Å². The van der Waals surface area contributed by atoms with Gasteiger partial charge in [-0.05, 0) is 39.0 Å². The zero-order chi connectivity index (χ0) is 22.4. The number of hydrogen-bond acceptors (Lipinski definition) is 6. The van der Waals surface area contributed by atoms with Gasteiger partial charge < -0.3 is 15.2 Å². The van der Waals surface area contributed by atoms with Gasteiger partial charge in [-0.2, -0.15) is 4.52 Å². The largest absolute Gasteiger partial charge is 0.492 e. The summed E-state index contributed by atoms with van der Waals surface area (Å²) in [4.78, 5) is 37.9. The fourth-order valence-corrected chi connectivity index (χ4v) is 2.94. The molecular formula is C20H29N5O5. The average molecular weight is 419 g/mol. The Balaban J connectivity index is 2.09. The average Bonchev–Trinajstić information content (AvgIpc) is 3.26. The van der Waals surface area contributed by atoms with Crippen molar-refractivity contribution in [2.24, 2.45) is 5.41 Å². The van der Waals surface area contributed by atoms with Gasteiger partial charge in [-0.1, -0.05) is 20.8 Å². The van der Waals surface area contributed by atoms with E-state index in [1.54, 1.807) is 20.8 Å². The molecular weight excluding hydrogens is 390 g/mol. The number of nitrogens with zero attached hydrogens (tertiary/aromatic N) is 3. The van der Waals surface area contributed by atoms with E-state index in [9.17, 15) is 19.5 Å². The Hall–Kier alpha value is -3.04. The summed E-state index contributed by atoms with van der Waals surface area (Å²) in [5.41, 5.74) is -1.73. The first-order chi connectivity index (χ1) is 13.7. The molecule has 3 N–H and O–H groups in total. The predicted octanol–water partition coefficient (Wildman–Crippen LogP) is 2.49. The Kier molecular flexibility index (Phi) is 5.30. The summed E-state index contributed by atoms with van der Waals surface area (Å²) >= 11 is 0. The third kappa shape index (κ3) is 4.92. The minimum atomic E-state index is -0.721. The maximum atomic E-state index is 13.1. The summed E-state index contributed by atoms with van der Waals surface area (Å²) in [6, 6.07) is 1.48. The second-order valence-electron chi connectivity index (χ2n) is 9.82. The van der Waals surface area contributed by atoms with Crippen molar-refractivity contribution in [1.29, 1.82) is 0 Å². The zero-order valence-electron chi connectivity index (χ0n) is 18.2. The second-order valence-corrected chi connectivity index (χ2v) is 9.82. The number of anilines is 1. The fraction of sp³-hybridized carbons (Fsp3) is 0.600. The molecule has 1 aliphatic rings. The van der Waals surface area contributed by atoms with Crippen molar-refractivity contribution in [3.8, 4) is 5.88 Å². The molecule has 0 aliphatic heterocycles. The molecule has 0 atom stereocenters. The van der Waals surface area contributed by atoms with Crippen LogP contribution >= 0.6 is 0 Å². The summed E-state index contributed by atoms with van der Waals surface area (Å²) in [5.74, 6) is -1.13. The molecule has 0 spiro atoms. The topological polar surface area (TPSA) is 127 Å². The van der Waals surface area contributed by atoms with Gasteiger partial charge in [0.2, 0.25) is 5.88 Å². The van der Waals surface area contributed by atoms with Gasteiger partial charge in [0.25, 0.3) is 11.5 Å². The van der Waals surface area contributed by atoms with Gasteiger partial charge in [-0.15, -0.1) is 5.10 Å². The van der Waals surface area contributed by atoms with Gasteiger partial charge >= 0.3 is 6.09 Å². The molecule has 0 saturated heterocycles. The van der Waals surface area contributed by atoms with Crippen LogP contribution in [0.15, 0.2) is 10.9 Å². The highest BCUT2D eigenvalue weighted by molar-refractivity contribution is 5.96. The van der Waals surface area contributed by atoms with E-state index in [4.69, 9.17) is 4.74 Å². The Labute approximate surface area is 174 Å². The molecule has 1 fully saturated rings. The first-order valence-corrected chi connectivity index (χ1v) is 9.91. The quantitative estimate of drug-likeness (QED) is 0.699. The number of hydrogen-bond donors (Lipinski definition) is 3. The van der Waals surface area contributed by atoms with Crippen molar-refractivity contribution in [2.75, 3.05) is 5.32 Å². The van der Waals surface area contributed by atoms with Crippen molar-refractivity contribution in [1.82, 2.24) is 19.5 Å². The molecule has 0 radical (unpaired) electrons. The zero-order valence-corrected chi connectivity index (χ0v) is 18.2. The molecule has 2 amide bonds. The van der Waals surface area contributed by atoms with E-state index in [1.165, 1.54) is 10.6 Å². The van der Waals surface area contributed by atoms with Gasteiger partial charge in [0.1, 0.15) is 11.2 Å². The fourth-order valence-electron chi connectivity index (χ4n) is 2.94. The maximum Gasteiger partial charge on any atom is 0.413 e. The van der Waals surface area contributed by atoms with E-state index in [-0.39, 0.29) is 35.0 Å². The summed E-state index contributed by atoms with van der Waals surface area (Å²) < 4.78 is 7.69. The van der Waals surface area contributed by atoms with Crippen LogP contribution in [0, 0.1) is 5.41 Å². The van der Waals surface area contributed by atoms with Gasteiger partial charge in [-0.3, -0.25) is 19.5 Å². The van der Waals surface area contributed by atoms with E-state index >= 15 is 0 Å². The highest BCUT2D eigenvalue weighted by atomic mass is 16.6. The highest BCUT2D eigenvalue weighted by Gasteiger charge is 2.30. The molecule has 2 aromatic rings. The van der Waals surface area contributed by atoms with E-state index < -0.39 is 29.0 Å². The molecule has 1 aliphatic carbocycles. The monoisotopic (exact) mass is 419 g/mol. The van der Waals surface area contributed by atoms with Crippen LogP contribution < -0.4 is 16.2 Å². The Morgan fingerprint density at radius 3 is 2.40 bits per heavy atom. The summed E-state index contributed by atoms with van der Waals surface area (Å²) in [7, 11) is 0. The number of carbonyl (C=O) groups is 2. The van der Waals surface area contributed by atoms with Crippen LogP contribution in [-0.2, 0) is 11.3 Å². The van der Waals surface area contributed by atoms with Crippen LogP contribution in [0.25, 0.3) is 5.65 Å². The Bertz CT molecular complexity index is 1050. The number of amides is 2. The standard InChI is InChI=1S/C20H29N5O5/c1-19(2,3)10-24-13-9-12(22-18(29)30-20(4,5)6)23-25(13)17(28)14(16(24)27)15(26)21-11-7-8-11/h9,11,28H,7-8,10H2,1-6H3,(H,21,26)(H,22,23,29). The smallest absolute Gasteiger partial charge is 0.413 e. The van der Waals surface area contributed by atoms with Crippen molar-refractivity contribution in [3.05, 3.63) is 22.0 Å². The molecule has 0 unspecified atom stereocenters. The first-order valence-electron chi connectivity index (χ1n) is 9.91. The summed E-state index contributed by atoms with van der Waals surface area (Å²) in [6.07, 6.45) is 0.967. The van der Waals surface area contributed by atoms with Crippen LogP contribution in [0.1, 0.15) is 64.7 Å². The summed E-state index contributed by atoms with van der Waals surface area (Å²) in [6.45, 7) is 11.3. The molecule has 0 bridgehead atoms. The van der Waals surface area contributed by atoms with Gasteiger partial charge in [0.15, 0.2) is 11.4 Å². The van der Waals surface area contributed by atoms with Crippen LogP contribution in [0.4, 0.5) is 10.6 Å². The Morgan fingerprint density at radius 2 is 1.87 bits per heavy atom. The molecule has 3 rings (SSSR count). The molecule has 30 heavy (non-hydrogen) atoms. The molecule has 1 saturated carbocycles. The van der Waals surface area contributed by atoms with Gasteiger partial charge in [0.05, 0.1) is 0 Å². The van der Waals surface area contributed by atoms with Gasteiger partial charge in [0, 0.05) is 18.7 Å². The molecule has 10 heteroatoms. The number of aromatic hydroxyl groups is 1. The van der Waals surface area contributed by atoms with Crippen LogP contribution in [0.2, 0.25) is 0 Å². The van der Waals surface area contributed by atoms with Crippen LogP contribution in [-0.4, -0.2) is 42.9 Å². The van der Waals surface area contributed by atoms with E-state index in [0.717, 1.165) is 17.4 Å². The number of fused-ring (bicyclic) bond motifs is 1. The number of ether oxygens (including phenoxy) is 1. The second kappa shape index (κ2) is 7.33. The number of aromatic nitrogens is 3. The SMILES string of the molecule is CC(C)(C)Cn1c(=O)c(C(=O)NC2CC2)c(O)n2nc(NC(=O)OC(C)(C)C)cc12. The predicted molar refractivity (Wildman–Crippen MR) is 111 cm³/mol. The number of rotatable bonds is 4. The summed E-state index contributed by atoms with van der Waals surface area (Å²) in [5, 5.41) is 20.1. The first kappa shape index (κ1) is 21.7. The normalized spacial score (nSPS) is 14.6. The molecule has 2 aromatic heterocycles. The molecule has 2 heterocycles. The molecule has 0 aromatic carbocycles. The van der Waals surface area contributed by atoms with Crippen LogP contribution in [0.5, 0.6) is 5.88 Å². The van der Waals surface area contributed by atoms with E-state index in [0.29, 0.717) is 0 Å². The molecule has 164 valence electrons. The van der Waals surface area contributed by atoms with Crippen LogP contribution in [0.3, 0.4) is 0 Å². The lowest BCUT2D eigenvalue weighted by molar-refractivity contribution is 0.0635. The minimum Gasteiger partial charge on any atom is -0.492 e. The third-order valence-electron chi connectivity index (χ3n) is 4.25. The highest BCUT2D eigenvalue weighted by Crippen LogP contribution is 2.25. The number of nitrogens with one attached hydrogen (secondary N) is 2. The lowest BCUT2D eigenvalue weighted by Crippen LogP contribution is -2.37. The molecule has 10 nitrogen and oxygen atoms in total. The van der Waals surface area contributed by atoms with E-state index in [2.05, 4.69) is 15.7 Å². The van der Waals surface area contributed by atoms with E-state index in [1.807, 2.05) is 20.8 Å². The Morgan fingerprint density at radius 1 is 1.23 bits per heavy atom. The lowest BCUT2D eigenvalue weighted by atomic mass is 9.97. The minimum absolute atomic E-state index is 0.0186.